The van der Waals surface area contributed by atoms with Crippen LogP contribution in [-0.2, 0) is 28.7 Å². The molecule has 0 fully saturated rings. The van der Waals surface area contributed by atoms with E-state index in [4.69, 9.17) is 0 Å². The molecule has 9 heavy (non-hydrogen) atoms. The topological polar surface area (TPSA) is 60.4 Å². The molecule has 0 saturated carbocycles. The molecule has 6 heteroatoms. The van der Waals surface area contributed by atoms with Crippen molar-refractivity contribution in [3.8, 4) is 0 Å². The second kappa shape index (κ2) is 2.66. The average Bonchev–Trinajstić information content (AvgIpc) is 1.14. The van der Waals surface area contributed by atoms with E-state index in [0.717, 1.165) is 0 Å². The molecule has 56 valence electrons. The summed E-state index contributed by atoms with van der Waals surface area (Å²) < 4.78 is 34.4. The van der Waals surface area contributed by atoms with Crippen LogP contribution in [0.2, 0.25) is 17.3 Å². The van der Waals surface area contributed by atoms with Gasteiger partial charge in [-0.2, -0.15) is 0 Å². The van der Waals surface area contributed by atoms with Crippen LogP contribution in [0.4, 0.5) is 0 Å². The summed E-state index contributed by atoms with van der Waals surface area (Å²) in [5, 5.41) is 0. The van der Waals surface area contributed by atoms with E-state index >= 15 is 0 Å². The first-order chi connectivity index (χ1) is 3.71. The van der Waals surface area contributed by atoms with Gasteiger partial charge in [-0.1, -0.05) is 0 Å². The van der Waals surface area contributed by atoms with Gasteiger partial charge in [-0.3, -0.25) is 0 Å². The van der Waals surface area contributed by atoms with Crippen molar-refractivity contribution in [2.24, 2.45) is 0 Å². The predicted octanol–water partition coefficient (Wildman–Crippen LogP) is 0.943. The molecule has 0 radical (unpaired) electrons. The van der Waals surface area contributed by atoms with E-state index in [2.05, 4.69) is 2.49 Å². The van der Waals surface area contributed by atoms with Crippen LogP contribution in [0.25, 0.3) is 0 Å². The first kappa shape index (κ1) is 9.57. The van der Waals surface area contributed by atoms with Gasteiger partial charge in [0.25, 0.3) is 0 Å². The second-order valence-corrected chi connectivity index (χ2v) is 17.4. The summed E-state index contributed by atoms with van der Waals surface area (Å²) in [6.07, 6.45) is 0. The van der Waals surface area contributed by atoms with Crippen LogP contribution in [0, 0.1) is 0 Å². The summed E-state index contributed by atoms with van der Waals surface area (Å²) in [6, 6.07) is 0. The van der Waals surface area contributed by atoms with E-state index < -0.39 is 29.4 Å². The van der Waals surface area contributed by atoms with Gasteiger partial charge in [-0.05, 0) is 0 Å². The summed E-state index contributed by atoms with van der Waals surface area (Å²) in [6.45, 7) is 0. The Bertz CT molecular complexity index is 212. The summed E-state index contributed by atoms with van der Waals surface area (Å²) in [7, 11) is 0. The van der Waals surface area contributed by atoms with Gasteiger partial charge in [0.2, 0.25) is 0 Å². The van der Waals surface area contributed by atoms with Crippen molar-refractivity contribution in [3.05, 3.63) is 0 Å². The van der Waals surface area contributed by atoms with Crippen molar-refractivity contribution >= 4 is 13.6 Å². The Balaban J connectivity index is 4.26. The van der Waals surface area contributed by atoms with Crippen molar-refractivity contribution in [3.63, 3.8) is 0 Å². The van der Waals surface area contributed by atoms with Crippen LogP contribution in [-0.4, -0.2) is 13.6 Å². The fraction of sp³-hybridized carbons (Fsp3) is 1.00. The molecule has 0 saturated heterocycles. The Labute approximate surface area is 59.6 Å². The third kappa shape index (κ3) is 8.57. The number of rotatable bonds is 2. The SMILES string of the molecule is [CH3][Ge]([CH3])([CH3])[O][Re](=[O])(=[O])=[O]. The van der Waals surface area contributed by atoms with Gasteiger partial charge in [-0.15, -0.1) is 0 Å². The quantitative estimate of drug-likeness (QED) is 0.682. The van der Waals surface area contributed by atoms with Crippen LogP contribution in [0.15, 0.2) is 0 Å². The van der Waals surface area contributed by atoms with E-state index in [1.165, 1.54) is 0 Å². The zero-order valence-corrected chi connectivity index (χ0v) is 10.3. The molecule has 0 spiro atoms. The Kier molecular flexibility index (Phi) is 2.83. The van der Waals surface area contributed by atoms with Gasteiger partial charge in [0.15, 0.2) is 0 Å². The molecule has 0 amide bonds. The second-order valence-electron chi connectivity index (χ2n) is 2.57. The molecule has 0 bridgehead atoms. The Morgan fingerprint density at radius 3 is 1.44 bits per heavy atom. The van der Waals surface area contributed by atoms with Crippen molar-refractivity contribution in [1.82, 2.24) is 0 Å². The molecule has 0 rings (SSSR count). The number of hydrogen-bond acceptors (Lipinski definition) is 4. The Morgan fingerprint density at radius 2 is 1.44 bits per heavy atom. The first-order valence-corrected chi connectivity index (χ1v) is 13.9. The zero-order chi connectivity index (χ0) is 7.71. The summed E-state index contributed by atoms with van der Waals surface area (Å²) in [5.41, 5.74) is 0. The molecule has 0 aliphatic rings. The van der Waals surface area contributed by atoms with E-state index in [1.54, 1.807) is 17.3 Å². The maximum atomic E-state index is 10.0. The third-order valence-corrected chi connectivity index (χ3v) is 13.9. The summed E-state index contributed by atoms with van der Waals surface area (Å²) in [4.78, 5) is 0. The molecule has 0 heterocycles. The van der Waals surface area contributed by atoms with E-state index in [9.17, 15) is 10.4 Å². The van der Waals surface area contributed by atoms with Crippen molar-refractivity contribution in [2.75, 3.05) is 0 Å². The van der Waals surface area contributed by atoms with Crippen LogP contribution < -0.4 is 0 Å². The fourth-order valence-corrected chi connectivity index (χ4v) is 12.1. The molecule has 4 nitrogen and oxygen atoms in total. The summed E-state index contributed by atoms with van der Waals surface area (Å²) >= 11 is -8.12. The normalized spacial score (nSPS) is 13.7. The molecule has 0 aliphatic heterocycles. The van der Waals surface area contributed by atoms with E-state index in [0.29, 0.717) is 0 Å². The van der Waals surface area contributed by atoms with Gasteiger partial charge in [0.05, 0.1) is 0 Å². The molecule has 0 N–H and O–H groups in total. The molecule has 0 aromatic heterocycles. The molecule has 0 aromatic carbocycles. The molecule has 0 aliphatic carbocycles. The van der Waals surface area contributed by atoms with E-state index in [-0.39, 0.29) is 0 Å². The molecule has 0 aromatic rings. The van der Waals surface area contributed by atoms with Gasteiger partial charge >= 0.3 is 59.6 Å². The first-order valence-electron chi connectivity index (χ1n) is 2.32. The third-order valence-electron chi connectivity index (χ3n) is 0.326. The van der Waals surface area contributed by atoms with Crippen molar-refractivity contribution in [2.45, 2.75) is 17.3 Å². The van der Waals surface area contributed by atoms with Gasteiger partial charge < -0.3 is 0 Å². The fourth-order valence-electron chi connectivity index (χ4n) is 0.283. The number of hydrogen-bond donors (Lipinski definition) is 0. The van der Waals surface area contributed by atoms with Gasteiger partial charge in [-0.25, -0.2) is 0 Å². The minimum absolute atomic E-state index is 1.71. The Morgan fingerprint density at radius 1 is 1.11 bits per heavy atom. The van der Waals surface area contributed by atoms with Gasteiger partial charge in [0.1, 0.15) is 0 Å². The molecule has 0 atom stereocenters. The van der Waals surface area contributed by atoms with Crippen LogP contribution >= 0.6 is 0 Å². The standard InChI is InChI=1S/C3H9GeO.3O.Re/c1-4(2,3)5;;;;/h1-3H3;;;;/q-1;;;;+1. The van der Waals surface area contributed by atoms with Crippen molar-refractivity contribution < 1.29 is 28.7 Å². The molecular weight excluding hydrogens is 359 g/mol. The summed E-state index contributed by atoms with van der Waals surface area (Å²) in [5.74, 6) is 5.12. The monoisotopic (exact) mass is 370 g/mol. The molecule has 0 unspecified atom stereocenters. The van der Waals surface area contributed by atoms with Crippen LogP contribution in [0.5, 0.6) is 0 Å². The zero-order valence-electron chi connectivity index (χ0n) is 5.51. The van der Waals surface area contributed by atoms with Crippen molar-refractivity contribution in [1.29, 1.82) is 0 Å². The van der Waals surface area contributed by atoms with Gasteiger partial charge in [0, 0.05) is 0 Å². The Hall–Kier alpha value is 0.565. The minimum atomic E-state index is -5.53. The average molecular weight is 368 g/mol. The molecular formula is C3H9GeO4Re. The maximum absolute atomic E-state index is 10.0. The van der Waals surface area contributed by atoms with Crippen LogP contribution in [0.3, 0.4) is 0 Å². The predicted molar refractivity (Wildman–Crippen MR) is 26.5 cm³/mol. The van der Waals surface area contributed by atoms with E-state index in [1.807, 2.05) is 0 Å². The van der Waals surface area contributed by atoms with Crippen LogP contribution in [0.1, 0.15) is 0 Å².